The van der Waals surface area contributed by atoms with Crippen LogP contribution < -0.4 is 15.0 Å². The molecule has 2 N–H and O–H groups in total. The quantitative estimate of drug-likeness (QED) is 0.271. The van der Waals surface area contributed by atoms with Crippen molar-refractivity contribution in [2.24, 2.45) is 0 Å². The molecule has 1 heterocycles. The number of aromatic carboxylic acids is 1. The van der Waals surface area contributed by atoms with Crippen LogP contribution in [0.5, 0.6) is 5.75 Å². The van der Waals surface area contributed by atoms with E-state index in [1.807, 2.05) is 6.92 Å². The van der Waals surface area contributed by atoms with Gasteiger partial charge in [0.2, 0.25) is 0 Å². The number of carbonyl (C=O) groups is 3. The lowest BCUT2D eigenvalue weighted by molar-refractivity contribution is -0.122. The Morgan fingerprint density at radius 1 is 1.28 bits per heavy atom. The Hall–Kier alpha value is -2.79. The summed E-state index contributed by atoms with van der Waals surface area (Å²) in [7, 11) is 0. The van der Waals surface area contributed by atoms with E-state index in [4.69, 9.17) is 17.0 Å². The Labute approximate surface area is 185 Å². The Morgan fingerprint density at radius 3 is 2.69 bits per heavy atom. The summed E-state index contributed by atoms with van der Waals surface area (Å²) in [5.41, 5.74) is 0.788. The van der Waals surface area contributed by atoms with E-state index in [1.165, 1.54) is 24.3 Å². The lowest BCUT2D eigenvalue weighted by atomic mass is 10.1. The van der Waals surface area contributed by atoms with E-state index in [0.29, 0.717) is 17.9 Å². The van der Waals surface area contributed by atoms with E-state index in [1.54, 1.807) is 24.3 Å². The van der Waals surface area contributed by atoms with Gasteiger partial charge in [0.1, 0.15) is 11.3 Å². The molecule has 0 bridgehead atoms. The van der Waals surface area contributed by atoms with Crippen LogP contribution in [0.15, 0.2) is 48.0 Å². The van der Waals surface area contributed by atoms with Gasteiger partial charge >= 0.3 is 5.97 Å². The summed E-state index contributed by atoms with van der Waals surface area (Å²) in [6, 6.07) is 11.1. The maximum Gasteiger partial charge on any atom is 0.335 e. The molecule has 3 rings (SSSR count). The zero-order chi connectivity index (χ0) is 21.1. The number of nitrogens with one attached hydrogen (secondary N) is 1. The molecular formula is C20H15IN2O5S. The number of thiocarbonyl (C=S) groups is 1. The van der Waals surface area contributed by atoms with Crippen LogP contribution in [0, 0.1) is 3.57 Å². The molecule has 1 aliphatic heterocycles. The third-order valence-electron chi connectivity index (χ3n) is 4.02. The number of carboxylic acids is 1. The van der Waals surface area contributed by atoms with Crippen LogP contribution in [0.25, 0.3) is 6.08 Å². The smallest absolute Gasteiger partial charge is 0.335 e. The van der Waals surface area contributed by atoms with Gasteiger partial charge in [-0.1, -0.05) is 12.1 Å². The number of rotatable bonds is 5. The second-order valence-electron chi connectivity index (χ2n) is 5.94. The number of hydrogen-bond acceptors (Lipinski definition) is 5. The highest BCUT2D eigenvalue weighted by Crippen LogP contribution is 2.26. The normalized spacial score (nSPS) is 15.4. The highest BCUT2D eigenvalue weighted by atomic mass is 127. The number of carboxylic acid groups (broad SMARTS) is 1. The summed E-state index contributed by atoms with van der Waals surface area (Å²) >= 11 is 7.25. The summed E-state index contributed by atoms with van der Waals surface area (Å²) in [5.74, 6) is -1.67. The first-order valence-electron chi connectivity index (χ1n) is 8.49. The molecule has 1 saturated heterocycles. The van der Waals surface area contributed by atoms with E-state index >= 15 is 0 Å². The van der Waals surface area contributed by atoms with Crippen molar-refractivity contribution < 1.29 is 24.2 Å². The number of benzene rings is 2. The Bertz CT molecular complexity index is 1070. The zero-order valence-corrected chi connectivity index (χ0v) is 18.1. The minimum atomic E-state index is -1.13. The molecular weight excluding hydrogens is 507 g/mol. The molecule has 0 unspecified atom stereocenters. The van der Waals surface area contributed by atoms with E-state index in [0.717, 1.165) is 8.47 Å². The number of ether oxygens (including phenoxy) is 1. The van der Waals surface area contributed by atoms with Gasteiger partial charge in [0.15, 0.2) is 5.11 Å². The van der Waals surface area contributed by atoms with Crippen LogP contribution >= 0.6 is 34.8 Å². The van der Waals surface area contributed by atoms with Crippen LogP contribution in [0.3, 0.4) is 0 Å². The van der Waals surface area contributed by atoms with Gasteiger partial charge in [-0.3, -0.25) is 19.8 Å². The molecule has 0 saturated carbocycles. The van der Waals surface area contributed by atoms with E-state index in [-0.39, 0.29) is 21.9 Å². The van der Waals surface area contributed by atoms with Gasteiger partial charge in [-0.2, -0.15) is 0 Å². The largest absolute Gasteiger partial charge is 0.493 e. The van der Waals surface area contributed by atoms with Gasteiger partial charge in [-0.05, 0) is 83.7 Å². The average molecular weight is 522 g/mol. The standard InChI is InChI=1S/C20H15IN2O5S/c1-2-28-16-7-6-11(9-15(16)21)8-14-17(24)22-20(29)23(18(14)25)13-5-3-4-12(10-13)19(26)27/h3-10H,2H2,1H3,(H,26,27)(H,22,24,29). The Kier molecular flexibility index (Phi) is 6.28. The monoisotopic (exact) mass is 522 g/mol. The fraction of sp³-hybridized carbons (Fsp3) is 0.100. The second kappa shape index (κ2) is 8.70. The molecule has 0 spiro atoms. The molecule has 2 amide bonds. The molecule has 2 aromatic rings. The molecule has 0 radical (unpaired) electrons. The third-order valence-corrected chi connectivity index (χ3v) is 5.15. The summed E-state index contributed by atoms with van der Waals surface area (Å²) < 4.78 is 6.33. The topological polar surface area (TPSA) is 95.9 Å². The molecule has 0 aliphatic carbocycles. The first-order chi connectivity index (χ1) is 13.8. The van der Waals surface area contributed by atoms with Crippen molar-refractivity contribution in [3.63, 3.8) is 0 Å². The number of anilines is 1. The van der Waals surface area contributed by atoms with Crippen LogP contribution in [0.2, 0.25) is 0 Å². The van der Waals surface area contributed by atoms with Crippen molar-refractivity contribution in [3.05, 3.63) is 62.7 Å². The minimum Gasteiger partial charge on any atom is -0.493 e. The van der Waals surface area contributed by atoms with E-state index in [9.17, 15) is 19.5 Å². The van der Waals surface area contributed by atoms with E-state index < -0.39 is 17.8 Å². The van der Waals surface area contributed by atoms with Crippen molar-refractivity contribution in [1.82, 2.24) is 5.32 Å². The zero-order valence-electron chi connectivity index (χ0n) is 15.1. The molecule has 148 valence electrons. The van der Waals surface area contributed by atoms with E-state index in [2.05, 4.69) is 27.9 Å². The number of nitrogens with zero attached hydrogens (tertiary/aromatic N) is 1. The lowest BCUT2D eigenvalue weighted by Gasteiger charge is -2.29. The third kappa shape index (κ3) is 4.46. The molecule has 2 aromatic carbocycles. The molecule has 9 heteroatoms. The predicted molar refractivity (Wildman–Crippen MR) is 120 cm³/mol. The van der Waals surface area contributed by atoms with Gasteiger partial charge in [0.05, 0.1) is 21.4 Å². The Morgan fingerprint density at radius 2 is 2.03 bits per heavy atom. The molecule has 1 fully saturated rings. The maximum absolute atomic E-state index is 13.0. The number of amides is 2. The van der Waals surface area contributed by atoms with Crippen molar-refractivity contribution >= 4 is 69.5 Å². The van der Waals surface area contributed by atoms with Crippen LogP contribution in [-0.4, -0.2) is 34.6 Å². The van der Waals surface area contributed by atoms with Gasteiger partial charge in [-0.15, -0.1) is 0 Å². The molecule has 0 atom stereocenters. The van der Waals surface area contributed by atoms with Crippen molar-refractivity contribution in [2.45, 2.75) is 6.92 Å². The fourth-order valence-electron chi connectivity index (χ4n) is 2.72. The number of halogens is 1. The Balaban J connectivity index is 1.99. The van der Waals surface area contributed by atoms with Gasteiger partial charge in [0, 0.05) is 0 Å². The number of hydrogen-bond donors (Lipinski definition) is 2. The van der Waals surface area contributed by atoms with Gasteiger partial charge in [0.25, 0.3) is 11.8 Å². The highest BCUT2D eigenvalue weighted by molar-refractivity contribution is 14.1. The molecule has 7 nitrogen and oxygen atoms in total. The van der Waals surface area contributed by atoms with Crippen molar-refractivity contribution in [2.75, 3.05) is 11.5 Å². The maximum atomic E-state index is 13.0. The first kappa shape index (κ1) is 20.9. The average Bonchev–Trinajstić information content (AvgIpc) is 2.67. The highest BCUT2D eigenvalue weighted by Gasteiger charge is 2.34. The summed E-state index contributed by atoms with van der Waals surface area (Å²) in [6.07, 6.45) is 1.46. The van der Waals surface area contributed by atoms with Crippen LogP contribution in [0.1, 0.15) is 22.8 Å². The predicted octanol–water partition coefficient (Wildman–Crippen LogP) is 3.22. The summed E-state index contributed by atoms with van der Waals surface area (Å²) in [6.45, 7) is 2.41. The number of carbonyl (C=O) groups excluding carboxylic acids is 2. The molecule has 0 aromatic heterocycles. The second-order valence-corrected chi connectivity index (χ2v) is 7.49. The summed E-state index contributed by atoms with van der Waals surface area (Å²) in [5, 5.41) is 11.6. The fourth-order valence-corrected chi connectivity index (χ4v) is 3.69. The molecule has 1 aliphatic rings. The van der Waals surface area contributed by atoms with Crippen molar-refractivity contribution in [1.29, 1.82) is 0 Å². The van der Waals surface area contributed by atoms with Gasteiger partial charge in [-0.25, -0.2) is 4.79 Å². The first-order valence-corrected chi connectivity index (χ1v) is 9.97. The van der Waals surface area contributed by atoms with Crippen LogP contribution in [-0.2, 0) is 9.59 Å². The minimum absolute atomic E-state index is 0.00148. The van der Waals surface area contributed by atoms with Crippen molar-refractivity contribution in [3.8, 4) is 5.75 Å². The molecule has 29 heavy (non-hydrogen) atoms. The van der Waals surface area contributed by atoms with Crippen LogP contribution in [0.4, 0.5) is 5.69 Å². The van der Waals surface area contributed by atoms with Gasteiger partial charge < -0.3 is 9.84 Å². The SMILES string of the molecule is CCOc1ccc(C=C2C(=O)NC(=S)N(c3cccc(C(=O)O)c3)C2=O)cc1I. The summed E-state index contributed by atoms with van der Waals surface area (Å²) in [4.78, 5) is 37.8. The lowest BCUT2D eigenvalue weighted by Crippen LogP contribution is -2.54.